The number of halogens is 2. The Kier molecular flexibility index (Phi) is 3.92. The van der Waals surface area contributed by atoms with Gasteiger partial charge < -0.3 is 9.55 Å². The van der Waals surface area contributed by atoms with Crippen LogP contribution in [0.4, 0.5) is 4.39 Å². The summed E-state index contributed by atoms with van der Waals surface area (Å²) < 4.78 is 17.2. The Morgan fingerprint density at radius 1 is 1.47 bits per heavy atom. The van der Waals surface area contributed by atoms with E-state index in [0.717, 1.165) is 23.9 Å². The molecule has 19 heavy (non-hydrogen) atoms. The van der Waals surface area contributed by atoms with Crippen molar-refractivity contribution in [3.8, 4) is 0 Å². The van der Waals surface area contributed by atoms with Gasteiger partial charge in [0, 0.05) is 17.4 Å². The molecule has 1 aliphatic carbocycles. The summed E-state index contributed by atoms with van der Waals surface area (Å²) in [7, 11) is 0. The Balaban J connectivity index is 2.11. The third-order valence-electron chi connectivity index (χ3n) is 3.81. The molecule has 0 radical (unpaired) electrons. The standard InChI is InChI=1S/C13H14FIN2S2/c1-19-8-3-2-7(4-8)17-12-5-9(14)10(15)6-11(12)16-13(17)18/h5-8H,2-4H2,1H3,(H,16,18). The van der Waals surface area contributed by atoms with Crippen molar-refractivity contribution < 1.29 is 4.39 Å². The van der Waals surface area contributed by atoms with Gasteiger partial charge in [-0.3, -0.25) is 0 Å². The summed E-state index contributed by atoms with van der Waals surface area (Å²) >= 11 is 9.35. The van der Waals surface area contributed by atoms with Crippen LogP contribution in [0.25, 0.3) is 11.0 Å². The first-order valence-corrected chi connectivity index (χ1v) is 8.99. The maximum Gasteiger partial charge on any atom is 0.178 e. The summed E-state index contributed by atoms with van der Waals surface area (Å²) in [4.78, 5) is 3.20. The summed E-state index contributed by atoms with van der Waals surface area (Å²) in [6.07, 6.45) is 5.62. The molecule has 0 aliphatic heterocycles. The fourth-order valence-electron chi connectivity index (χ4n) is 2.85. The van der Waals surface area contributed by atoms with Crippen molar-refractivity contribution in [2.45, 2.75) is 30.6 Å². The van der Waals surface area contributed by atoms with Crippen molar-refractivity contribution in [2.75, 3.05) is 6.26 Å². The van der Waals surface area contributed by atoms with Crippen molar-refractivity contribution in [3.63, 3.8) is 0 Å². The molecule has 0 saturated heterocycles. The van der Waals surface area contributed by atoms with Gasteiger partial charge in [0.05, 0.1) is 14.6 Å². The zero-order valence-electron chi connectivity index (χ0n) is 10.5. The lowest BCUT2D eigenvalue weighted by molar-refractivity contribution is 0.526. The topological polar surface area (TPSA) is 20.7 Å². The van der Waals surface area contributed by atoms with Crippen molar-refractivity contribution >= 4 is 57.6 Å². The molecule has 0 bridgehead atoms. The molecule has 0 spiro atoms. The van der Waals surface area contributed by atoms with E-state index in [9.17, 15) is 4.39 Å². The molecule has 6 heteroatoms. The van der Waals surface area contributed by atoms with Gasteiger partial charge in [-0.15, -0.1) is 0 Å². The number of aromatic amines is 1. The van der Waals surface area contributed by atoms with Gasteiger partial charge in [-0.25, -0.2) is 4.39 Å². The molecule has 102 valence electrons. The van der Waals surface area contributed by atoms with Gasteiger partial charge in [-0.1, -0.05) is 0 Å². The molecular formula is C13H14FIN2S2. The van der Waals surface area contributed by atoms with Crippen molar-refractivity contribution in [1.82, 2.24) is 9.55 Å². The van der Waals surface area contributed by atoms with Crippen LogP contribution >= 0.6 is 46.6 Å². The molecule has 2 aromatic rings. The zero-order valence-corrected chi connectivity index (χ0v) is 14.2. The molecule has 1 fully saturated rings. The number of nitrogens with zero attached hydrogens (tertiary/aromatic N) is 1. The first kappa shape index (κ1) is 13.9. The molecule has 1 saturated carbocycles. The number of rotatable bonds is 2. The van der Waals surface area contributed by atoms with E-state index in [4.69, 9.17) is 12.2 Å². The maximum atomic E-state index is 13.8. The van der Waals surface area contributed by atoms with E-state index in [1.807, 2.05) is 40.4 Å². The second-order valence-electron chi connectivity index (χ2n) is 4.91. The number of imidazole rings is 1. The summed E-state index contributed by atoms with van der Waals surface area (Å²) in [6.45, 7) is 0. The highest BCUT2D eigenvalue weighted by atomic mass is 127. The van der Waals surface area contributed by atoms with Crippen LogP contribution in [-0.2, 0) is 0 Å². The highest BCUT2D eigenvalue weighted by Gasteiger charge is 2.27. The minimum atomic E-state index is -0.171. The Labute approximate surface area is 134 Å². The maximum absolute atomic E-state index is 13.8. The third kappa shape index (κ3) is 2.47. The monoisotopic (exact) mass is 408 g/mol. The highest BCUT2D eigenvalue weighted by molar-refractivity contribution is 14.1. The Morgan fingerprint density at radius 3 is 2.95 bits per heavy atom. The van der Waals surface area contributed by atoms with Crippen LogP contribution < -0.4 is 0 Å². The molecular weight excluding hydrogens is 394 g/mol. The Bertz CT molecular complexity index is 679. The normalized spacial score (nSPS) is 23.3. The predicted molar refractivity (Wildman–Crippen MR) is 90.0 cm³/mol. The largest absolute Gasteiger partial charge is 0.331 e. The van der Waals surface area contributed by atoms with Crippen LogP contribution in [-0.4, -0.2) is 21.1 Å². The van der Waals surface area contributed by atoms with Crippen LogP contribution in [0.15, 0.2) is 12.1 Å². The number of aromatic nitrogens is 2. The second-order valence-corrected chi connectivity index (χ2v) is 7.60. The summed E-state index contributed by atoms with van der Waals surface area (Å²) in [5.41, 5.74) is 1.83. The SMILES string of the molecule is CSC1CCC(n2c(=S)[nH]c3cc(I)c(F)cc32)C1. The van der Waals surface area contributed by atoms with E-state index in [0.29, 0.717) is 19.6 Å². The van der Waals surface area contributed by atoms with Crippen molar-refractivity contribution in [3.05, 3.63) is 26.3 Å². The Morgan fingerprint density at radius 2 is 2.26 bits per heavy atom. The average Bonchev–Trinajstić information content (AvgIpc) is 2.94. The van der Waals surface area contributed by atoms with E-state index < -0.39 is 0 Å². The fourth-order valence-corrected chi connectivity index (χ4v) is 4.46. The van der Waals surface area contributed by atoms with E-state index >= 15 is 0 Å². The van der Waals surface area contributed by atoms with Crippen molar-refractivity contribution in [1.29, 1.82) is 0 Å². The van der Waals surface area contributed by atoms with Crippen LogP contribution in [0.3, 0.4) is 0 Å². The van der Waals surface area contributed by atoms with E-state index in [2.05, 4.69) is 15.8 Å². The molecule has 1 aromatic carbocycles. The lowest BCUT2D eigenvalue weighted by Crippen LogP contribution is -2.06. The van der Waals surface area contributed by atoms with Gasteiger partial charge in [-0.2, -0.15) is 11.8 Å². The van der Waals surface area contributed by atoms with E-state index in [-0.39, 0.29) is 5.82 Å². The minimum Gasteiger partial charge on any atom is -0.331 e. The van der Waals surface area contributed by atoms with Crippen LogP contribution in [0.1, 0.15) is 25.3 Å². The predicted octanol–water partition coefficient (Wildman–Crippen LogP) is 4.90. The average molecular weight is 408 g/mol. The smallest absolute Gasteiger partial charge is 0.178 e. The number of thioether (sulfide) groups is 1. The van der Waals surface area contributed by atoms with E-state index in [1.54, 1.807) is 6.07 Å². The van der Waals surface area contributed by atoms with Gasteiger partial charge in [0.25, 0.3) is 0 Å². The molecule has 2 atom stereocenters. The van der Waals surface area contributed by atoms with Crippen molar-refractivity contribution in [2.24, 2.45) is 0 Å². The van der Waals surface area contributed by atoms with E-state index in [1.165, 1.54) is 6.42 Å². The number of hydrogen-bond acceptors (Lipinski definition) is 2. The summed E-state index contributed by atoms with van der Waals surface area (Å²) in [5.74, 6) is -0.171. The molecule has 2 nitrogen and oxygen atoms in total. The zero-order chi connectivity index (χ0) is 13.6. The number of H-pyrrole nitrogens is 1. The second kappa shape index (κ2) is 5.37. The van der Waals surface area contributed by atoms with Crippen LogP contribution in [0, 0.1) is 14.2 Å². The van der Waals surface area contributed by atoms with Gasteiger partial charge in [0.1, 0.15) is 5.82 Å². The van der Waals surface area contributed by atoms with Gasteiger partial charge >= 0.3 is 0 Å². The number of benzene rings is 1. The van der Waals surface area contributed by atoms with Crippen LogP contribution in [0.2, 0.25) is 0 Å². The molecule has 1 heterocycles. The van der Waals surface area contributed by atoms with Gasteiger partial charge in [0.15, 0.2) is 4.77 Å². The quantitative estimate of drug-likeness (QED) is 0.564. The first-order chi connectivity index (χ1) is 9.10. The fraction of sp³-hybridized carbons (Fsp3) is 0.462. The minimum absolute atomic E-state index is 0.171. The Hall–Kier alpha value is -0.0800. The first-order valence-electron chi connectivity index (χ1n) is 6.22. The van der Waals surface area contributed by atoms with Crippen LogP contribution in [0.5, 0.6) is 0 Å². The number of nitrogens with one attached hydrogen (secondary N) is 1. The highest BCUT2D eigenvalue weighted by Crippen LogP contribution is 2.38. The number of hydrogen-bond donors (Lipinski definition) is 1. The molecule has 1 aliphatic rings. The third-order valence-corrected chi connectivity index (χ3v) is 6.03. The molecule has 1 aromatic heterocycles. The van der Waals surface area contributed by atoms with Gasteiger partial charge in [-0.05, 0) is 66.4 Å². The number of fused-ring (bicyclic) bond motifs is 1. The summed E-state index contributed by atoms with van der Waals surface area (Å²) in [6, 6.07) is 3.84. The lowest BCUT2D eigenvalue weighted by atomic mass is 10.2. The molecule has 3 rings (SSSR count). The lowest BCUT2D eigenvalue weighted by Gasteiger charge is -2.13. The molecule has 0 amide bonds. The van der Waals surface area contributed by atoms with Gasteiger partial charge in [0.2, 0.25) is 0 Å². The molecule has 1 N–H and O–H groups in total. The molecule has 2 unspecified atom stereocenters. The summed E-state index contributed by atoms with van der Waals surface area (Å²) in [5, 5.41) is 0.700.